The number of benzene rings is 1. The van der Waals surface area contributed by atoms with Crippen LogP contribution >= 0.6 is 27.5 Å². The fraction of sp³-hybridized carbons (Fsp3) is 0.538. The molecule has 7 heteroatoms. The Morgan fingerprint density at radius 3 is 2.40 bits per heavy atom. The highest BCUT2D eigenvalue weighted by molar-refractivity contribution is 9.10. The smallest absolute Gasteiger partial charge is 0.244 e. The van der Waals surface area contributed by atoms with Gasteiger partial charge in [0.2, 0.25) is 10.0 Å². The van der Waals surface area contributed by atoms with Crippen LogP contribution in [-0.4, -0.2) is 51.4 Å². The van der Waals surface area contributed by atoms with Crippen LogP contribution in [0.5, 0.6) is 0 Å². The van der Waals surface area contributed by atoms with E-state index in [4.69, 9.17) is 11.6 Å². The van der Waals surface area contributed by atoms with Crippen LogP contribution in [0.15, 0.2) is 27.6 Å². The molecule has 4 nitrogen and oxygen atoms in total. The second-order valence-electron chi connectivity index (χ2n) is 4.73. The highest BCUT2D eigenvalue weighted by Gasteiger charge is 2.25. The van der Waals surface area contributed by atoms with Gasteiger partial charge in [0.15, 0.2) is 0 Å². The Morgan fingerprint density at radius 1 is 1.25 bits per heavy atom. The lowest BCUT2D eigenvalue weighted by Crippen LogP contribution is -2.33. The van der Waals surface area contributed by atoms with E-state index < -0.39 is 10.0 Å². The van der Waals surface area contributed by atoms with Crippen LogP contribution in [0.3, 0.4) is 0 Å². The standard InChI is InChI=1S/C13H20BrClN2O2S/c1-4-17(9-5-8-16(2)3)20(18,19)13-7-6-11(14)10-12(13)15/h6-7,10H,4-5,8-9H2,1-3H3. The number of halogens is 2. The van der Waals surface area contributed by atoms with Crippen LogP contribution < -0.4 is 0 Å². The number of nitrogens with zero attached hydrogens (tertiary/aromatic N) is 2. The van der Waals surface area contributed by atoms with Crippen LogP contribution in [0.4, 0.5) is 0 Å². The van der Waals surface area contributed by atoms with Crippen LogP contribution in [0.1, 0.15) is 13.3 Å². The van der Waals surface area contributed by atoms with E-state index in [1.807, 2.05) is 25.9 Å². The molecule has 1 aromatic carbocycles. The van der Waals surface area contributed by atoms with Gasteiger partial charge in [0, 0.05) is 17.6 Å². The molecule has 114 valence electrons. The molecule has 0 saturated carbocycles. The number of hydrogen-bond acceptors (Lipinski definition) is 3. The third kappa shape index (κ3) is 4.70. The molecule has 0 bridgehead atoms. The first-order chi connectivity index (χ1) is 9.28. The zero-order valence-corrected chi connectivity index (χ0v) is 15.1. The van der Waals surface area contributed by atoms with Crippen molar-refractivity contribution in [2.75, 3.05) is 33.7 Å². The van der Waals surface area contributed by atoms with Crippen molar-refractivity contribution in [3.63, 3.8) is 0 Å². The second-order valence-corrected chi connectivity index (χ2v) is 7.96. The Morgan fingerprint density at radius 2 is 1.90 bits per heavy atom. The van der Waals surface area contributed by atoms with E-state index in [1.54, 1.807) is 12.1 Å². The summed E-state index contributed by atoms with van der Waals surface area (Å²) in [5.41, 5.74) is 0. The van der Waals surface area contributed by atoms with E-state index in [0.29, 0.717) is 13.1 Å². The van der Waals surface area contributed by atoms with E-state index >= 15 is 0 Å². The number of hydrogen-bond donors (Lipinski definition) is 0. The Hall–Kier alpha value is -0.140. The summed E-state index contributed by atoms with van der Waals surface area (Å²) >= 11 is 9.33. The summed E-state index contributed by atoms with van der Waals surface area (Å²) in [6.45, 7) is 3.60. The maximum absolute atomic E-state index is 12.6. The van der Waals surface area contributed by atoms with Gasteiger partial charge < -0.3 is 4.90 Å². The van der Waals surface area contributed by atoms with Crippen molar-refractivity contribution in [3.8, 4) is 0 Å². The third-order valence-electron chi connectivity index (χ3n) is 2.88. The number of rotatable bonds is 7. The van der Waals surface area contributed by atoms with Crippen molar-refractivity contribution in [1.29, 1.82) is 0 Å². The van der Waals surface area contributed by atoms with E-state index in [0.717, 1.165) is 17.4 Å². The maximum Gasteiger partial charge on any atom is 0.244 e. The molecule has 0 aliphatic carbocycles. The summed E-state index contributed by atoms with van der Waals surface area (Å²) in [4.78, 5) is 2.20. The molecule has 0 unspecified atom stereocenters. The molecule has 0 heterocycles. The highest BCUT2D eigenvalue weighted by Crippen LogP contribution is 2.27. The first-order valence-corrected chi connectivity index (χ1v) is 9.00. The zero-order chi connectivity index (χ0) is 15.3. The van der Waals surface area contributed by atoms with E-state index in [9.17, 15) is 8.42 Å². The Balaban J connectivity index is 2.94. The van der Waals surface area contributed by atoms with E-state index in [-0.39, 0.29) is 9.92 Å². The van der Waals surface area contributed by atoms with Crippen LogP contribution in [0.25, 0.3) is 0 Å². The van der Waals surface area contributed by atoms with Crippen molar-refractivity contribution < 1.29 is 8.42 Å². The highest BCUT2D eigenvalue weighted by atomic mass is 79.9. The third-order valence-corrected chi connectivity index (χ3v) is 5.83. The lowest BCUT2D eigenvalue weighted by Gasteiger charge is -2.22. The van der Waals surface area contributed by atoms with Gasteiger partial charge >= 0.3 is 0 Å². The van der Waals surface area contributed by atoms with Gasteiger partial charge in [-0.25, -0.2) is 8.42 Å². The molecule has 0 aliphatic heterocycles. The molecule has 0 saturated heterocycles. The fourth-order valence-corrected chi connectivity index (χ4v) is 4.33. The monoisotopic (exact) mass is 382 g/mol. The molecule has 0 aromatic heterocycles. The topological polar surface area (TPSA) is 40.6 Å². The Labute approximate surface area is 134 Å². The van der Waals surface area contributed by atoms with Crippen molar-refractivity contribution >= 4 is 37.6 Å². The summed E-state index contributed by atoms with van der Waals surface area (Å²) in [7, 11) is 0.403. The summed E-state index contributed by atoms with van der Waals surface area (Å²) in [5, 5.41) is 0.241. The van der Waals surface area contributed by atoms with Gasteiger partial charge in [-0.3, -0.25) is 0 Å². The van der Waals surface area contributed by atoms with E-state index in [1.165, 1.54) is 10.4 Å². The Kier molecular flexibility index (Phi) is 6.94. The largest absolute Gasteiger partial charge is 0.309 e. The van der Waals surface area contributed by atoms with Gasteiger partial charge in [0.05, 0.1) is 5.02 Å². The Bertz CT molecular complexity index is 549. The zero-order valence-electron chi connectivity index (χ0n) is 11.9. The average molecular weight is 384 g/mol. The normalized spacial score (nSPS) is 12.3. The van der Waals surface area contributed by atoms with E-state index in [2.05, 4.69) is 15.9 Å². The minimum absolute atomic E-state index is 0.161. The van der Waals surface area contributed by atoms with Crippen molar-refractivity contribution in [1.82, 2.24) is 9.21 Å². The molecule has 0 fully saturated rings. The molecule has 20 heavy (non-hydrogen) atoms. The molecule has 0 N–H and O–H groups in total. The lowest BCUT2D eigenvalue weighted by molar-refractivity contribution is 0.356. The van der Waals surface area contributed by atoms with Gasteiger partial charge in [-0.05, 0) is 45.3 Å². The maximum atomic E-state index is 12.6. The molecular formula is C13H20BrClN2O2S. The minimum atomic E-state index is -3.53. The van der Waals surface area contributed by atoms with Gasteiger partial charge in [0.1, 0.15) is 4.90 Å². The number of sulfonamides is 1. The van der Waals surface area contributed by atoms with Crippen LogP contribution in [0.2, 0.25) is 5.02 Å². The van der Waals surface area contributed by atoms with Crippen LogP contribution in [0, 0.1) is 0 Å². The predicted molar refractivity (Wildman–Crippen MR) is 86.8 cm³/mol. The summed E-state index contributed by atoms with van der Waals surface area (Å²) < 4.78 is 27.4. The van der Waals surface area contributed by atoms with Crippen LogP contribution in [-0.2, 0) is 10.0 Å². The molecule has 0 atom stereocenters. The average Bonchev–Trinajstić information content (AvgIpc) is 2.33. The lowest BCUT2D eigenvalue weighted by atomic mass is 10.4. The summed E-state index contributed by atoms with van der Waals surface area (Å²) in [6, 6.07) is 4.82. The molecule has 1 rings (SSSR count). The quantitative estimate of drug-likeness (QED) is 0.726. The first kappa shape index (κ1) is 17.9. The summed E-state index contributed by atoms with van der Waals surface area (Å²) in [6.07, 6.45) is 0.786. The molecule has 0 radical (unpaired) electrons. The molecule has 1 aromatic rings. The van der Waals surface area contributed by atoms with Crippen molar-refractivity contribution in [3.05, 3.63) is 27.7 Å². The SMILES string of the molecule is CCN(CCCN(C)C)S(=O)(=O)c1ccc(Br)cc1Cl. The predicted octanol–water partition coefficient (Wildman–Crippen LogP) is 3.06. The molecular weight excluding hydrogens is 364 g/mol. The fourth-order valence-electron chi connectivity index (χ4n) is 1.84. The summed E-state index contributed by atoms with van der Waals surface area (Å²) in [5.74, 6) is 0. The van der Waals surface area contributed by atoms with Crippen molar-refractivity contribution in [2.45, 2.75) is 18.2 Å². The van der Waals surface area contributed by atoms with Crippen molar-refractivity contribution in [2.24, 2.45) is 0 Å². The first-order valence-electron chi connectivity index (χ1n) is 6.39. The van der Waals surface area contributed by atoms with Gasteiger partial charge in [0.25, 0.3) is 0 Å². The second kappa shape index (κ2) is 7.75. The van der Waals surface area contributed by atoms with Gasteiger partial charge in [-0.2, -0.15) is 4.31 Å². The molecule has 0 aliphatic rings. The minimum Gasteiger partial charge on any atom is -0.309 e. The van der Waals surface area contributed by atoms with Gasteiger partial charge in [-0.15, -0.1) is 0 Å². The van der Waals surface area contributed by atoms with Gasteiger partial charge in [-0.1, -0.05) is 34.5 Å². The molecule has 0 amide bonds. The molecule has 0 spiro atoms.